The van der Waals surface area contributed by atoms with Crippen LogP contribution < -0.4 is 20.3 Å². The number of aromatic nitrogens is 4. The first-order valence-corrected chi connectivity index (χ1v) is 10.2. The summed E-state index contributed by atoms with van der Waals surface area (Å²) in [5, 5.41) is 7.49. The van der Waals surface area contributed by atoms with Gasteiger partial charge in [0.2, 0.25) is 5.91 Å². The number of benzene rings is 2. The molecule has 2 heterocycles. The first kappa shape index (κ1) is 21.1. The number of carbonyl (C=O) groups is 1. The number of fused-ring (bicyclic) bond motifs is 1. The van der Waals surface area contributed by atoms with Crippen molar-refractivity contribution in [3.8, 4) is 17.2 Å². The monoisotopic (exact) mass is 433 g/mol. The van der Waals surface area contributed by atoms with Gasteiger partial charge in [0, 0.05) is 12.8 Å². The Kier molecular flexibility index (Phi) is 6.45. The molecule has 0 spiro atoms. The zero-order valence-corrected chi connectivity index (χ0v) is 17.6. The molecule has 2 aromatic carbocycles. The normalized spacial score (nSPS) is 10.8. The Hall–Kier alpha value is -4.14. The molecule has 0 saturated carbocycles. The standard InChI is InChI=1S/C23H23N5O4/c1-31-17-7-9-18(10-8-17)32-14-13-24-21(29)12-11-20-26-22-19(23(30)27-20)15-25-28(22)16-5-3-2-4-6-16/h2-10,15H,11-14H2,1H3,(H,24,29)(H,26,27,30). The summed E-state index contributed by atoms with van der Waals surface area (Å²) in [6.45, 7) is 0.712. The second-order valence-electron chi connectivity index (χ2n) is 7.02. The summed E-state index contributed by atoms with van der Waals surface area (Å²) in [7, 11) is 1.60. The molecule has 2 aromatic heterocycles. The number of para-hydroxylation sites is 1. The van der Waals surface area contributed by atoms with E-state index in [-0.39, 0.29) is 17.9 Å². The molecule has 0 bridgehead atoms. The van der Waals surface area contributed by atoms with Crippen LogP contribution in [0.4, 0.5) is 0 Å². The first-order valence-electron chi connectivity index (χ1n) is 10.2. The third kappa shape index (κ3) is 4.94. The van der Waals surface area contributed by atoms with Gasteiger partial charge in [-0.15, -0.1) is 0 Å². The average molecular weight is 433 g/mol. The van der Waals surface area contributed by atoms with E-state index < -0.39 is 0 Å². The number of ether oxygens (including phenoxy) is 2. The summed E-state index contributed by atoms with van der Waals surface area (Å²) in [5.74, 6) is 1.74. The number of nitrogens with zero attached hydrogens (tertiary/aromatic N) is 3. The minimum atomic E-state index is -0.277. The van der Waals surface area contributed by atoms with E-state index in [1.54, 1.807) is 23.9 Å². The van der Waals surface area contributed by atoms with Crippen molar-refractivity contribution < 1.29 is 14.3 Å². The highest BCUT2D eigenvalue weighted by Crippen LogP contribution is 2.17. The van der Waals surface area contributed by atoms with Gasteiger partial charge in [-0.3, -0.25) is 9.59 Å². The molecule has 0 aliphatic carbocycles. The van der Waals surface area contributed by atoms with Gasteiger partial charge in [-0.1, -0.05) is 18.2 Å². The van der Waals surface area contributed by atoms with Crippen LogP contribution in [0.25, 0.3) is 16.7 Å². The maximum absolute atomic E-state index is 12.4. The van der Waals surface area contributed by atoms with Crippen molar-refractivity contribution in [2.45, 2.75) is 12.8 Å². The van der Waals surface area contributed by atoms with E-state index in [2.05, 4.69) is 20.4 Å². The SMILES string of the molecule is COc1ccc(OCCNC(=O)CCc2nc3c(cnn3-c3ccccc3)c(=O)[nH]2)cc1. The molecule has 0 saturated heterocycles. The Morgan fingerprint density at radius 2 is 1.84 bits per heavy atom. The Morgan fingerprint density at radius 3 is 2.59 bits per heavy atom. The zero-order chi connectivity index (χ0) is 22.3. The van der Waals surface area contributed by atoms with Crippen LogP contribution >= 0.6 is 0 Å². The summed E-state index contributed by atoms with van der Waals surface area (Å²) in [6, 6.07) is 16.7. The maximum Gasteiger partial charge on any atom is 0.262 e. The van der Waals surface area contributed by atoms with Crippen LogP contribution in [-0.2, 0) is 11.2 Å². The fourth-order valence-electron chi connectivity index (χ4n) is 3.19. The van der Waals surface area contributed by atoms with E-state index in [4.69, 9.17) is 9.47 Å². The third-order valence-electron chi connectivity index (χ3n) is 4.83. The summed E-state index contributed by atoms with van der Waals surface area (Å²) in [4.78, 5) is 31.8. The first-order chi connectivity index (χ1) is 15.6. The van der Waals surface area contributed by atoms with Gasteiger partial charge in [0.05, 0.1) is 25.5 Å². The molecule has 0 radical (unpaired) electrons. The number of nitrogens with one attached hydrogen (secondary N) is 2. The molecule has 4 rings (SSSR count). The number of H-pyrrole nitrogens is 1. The minimum absolute atomic E-state index is 0.150. The number of aryl methyl sites for hydroxylation is 1. The van der Waals surface area contributed by atoms with Crippen LogP contribution in [0.15, 0.2) is 65.6 Å². The second-order valence-corrected chi connectivity index (χ2v) is 7.02. The summed E-state index contributed by atoms with van der Waals surface area (Å²) < 4.78 is 12.3. The molecule has 0 aliphatic rings. The molecular weight excluding hydrogens is 410 g/mol. The van der Waals surface area contributed by atoms with Gasteiger partial charge in [0.25, 0.3) is 5.56 Å². The van der Waals surface area contributed by atoms with Gasteiger partial charge in [-0.05, 0) is 36.4 Å². The molecule has 1 amide bonds. The van der Waals surface area contributed by atoms with Crippen molar-refractivity contribution in [3.63, 3.8) is 0 Å². The molecule has 0 aliphatic heterocycles. The average Bonchev–Trinajstić information content (AvgIpc) is 3.26. The molecule has 4 aromatic rings. The highest BCUT2D eigenvalue weighted by Gasteiger charge is 2.12. The molecule has 9 heteroatoms. The fraction of sp³-hybridized carbons (Fsp3) is 0.217. The van der Waals surface area contributed by atoms with Gasteiger partial charge in [-0.2, -0.15) is 5.10 Å². The molecule has 0 fully saturated rings. The smallest absolute Gasteiger partial charge is 0.262 e. The minimum Gasteiger partial charge on any atom is -0.497 e. The topological polar surface area (TPSA) is 111 Å². The number of rotatable bonds is 9. The van der Waals surface area contributed by atoms with Gasteiger partial charge < -0.3 is 19.8 Å². The zero-order valence-electron chi connectivity index (χ0n) is 17.6. The van der Waals surface area contributed by atoms with Crippen LogP contribution in [-0.4, -0.2) is 45.9 Å². The van der Waals surface area contributed by atoms with Gasteiger partial charge in [-0.25, -0.2) is 9.67 Å². The van der Waals surface area contributed by atoms with E-state index in [1.807, 2.05) is 42.5 Å². The number of hydrogen-bond donors (Lipinski definition) is 2. The fourth-order valence-corrected chi connectivity index (χ4v) is 3.19. The summed E-state index contributed by atoms with van der Waals surface area (Å²) in [5.41, 5.74) is 0.991. The van der Waals surface area contributed by atoms with Gasteiger partial charge in [0.15, 0.2) is 5.65 Å². The third-order valence-corrected chi connectivity index (χ3v) is 4.83. The van der Waals surface area contributed by atoms with Crippen molar-refractivity contribution in [1.82, 2.24) is 25.1 Å². The lowest BCUT2D eigenvalue weighted by atomic mass is 10.2. The number of hydrogen-bond acceptors (Lipinski definition) is 6. The molecule has 2 N–H and O–H groups in total. The lowest BCUT2D eigenvalue weighted by Crippen LogP contribution is -2.28. The highest BCUT2D eigenvalue weighted by atomic mass is 16.5. The largest absolute Gasteiger partial charge is 0.497 e. The van der Waals surface area contributed by atoms with Crippen LogP contribution in [0.2, 0.25) is 0 Å². The predicted molar refractivity (Wildman–Crippen MR) is 119 cm³/mol. The van der Waals surface area contributed by atoms with Crippen molar-refractivity contribution in [2.24, 2.45) is 0 Å². The molecule has 164 valence electrons. The van der Waals surface area contributed by atoms with Crippen molar-refractivity contribution >= 4 is 16.9 Å². The van der Waals surface area contributed by atoms with Crippen LogP contribution in [0, 0.1) is 0 Å². The lowest BCUT2D eigenvalue weighted by molar-refractivity contribution is -0.121. The molecule has 0 atom stereocenters. The Morgan fingerprint density at radius 1 is 1.09 bits per heavy atom. The van der Waals surface area contributed by atoms with E-state index >= 15 is 0 Å². The van der Waals surface area contributed by atoms with Crippen molar-refractivity contribution in [2.75, 3.05) is 20.3 Å². The molecule has 32 heavy (non-hydrogen) atoms. The predicted octanol–water partition coefficient (Wildman–Crippen LogP) is 2.25. The lowest BCUT2D eigenvalue weighted by Gasteiger charge is -2.08. The summed E-state index contributed by atoms with van der Waals surface area (Å²) >= 11 is 0. The summed E-state index contributed by atoms with van der Waals surface area (Å²) in [6.07, 6.45) is 1.99. The van der Waals surface area contributed by atoms with Crippen LogP contribution in [0.5, 0.6) is 11.5 Å². The van der Waals surface area contributed by atoms with Gasteiger partial charge >= 0.3 is 0 Å². The molecule has 9 nitrogen and oxygen atoms in total. The Labute approximate surface area is 184 Å². The molecular formula is C23H23N5O4. The van der Waals surface area contributed by atoms with Crippen molar-refractivity contribution in [3.05, 3.63) is 77.0 Å². The van der Waals surface area contributed by atoms with Crippen molar-refractivity contribution in [1.29, 1.82) is 0 Å². The van der Waals surface area contributed by atoms with Crippen LogP contribution in [0.3, 0.4) is 0 Å². The van der Waals surface area contributed by atoms with E-state index in [0.29, 0.717) is 42.2 Å². The highest BCUT2D eigenvalue weighted by molar-refractivity contribution is 5.77. The van der Waals surface area contributed by atoms with E-state index in [1.165, 1.54) is 6.20 Å². The van der Waals surface area contributed by atoms with Gasteiger partial charge in [0.1, 0.15) is 29.3 Å². The van der Waals surface area contributed by atoms with E-state index in [0.717, 1.165) is 11.4 Å². The number of aromatic amines is 1. The number of amides is 1. The Balaban J connectivity index is 1.31. The molecule has 0 unspecified atom stereocenters. The quantitative estimate of drug-likeness (QED) is 0.392. The van der Waals surface area contributed by atoms with Crippen LogP contribution in [0.1, 0.15) is 12.2 Å². The number of methoxy groups -OCH3 is 1. The second kappa shape index (κ2) is 9.78. The Bertz CT molecular complexity index is 1250. The van der Waals surface area contributed by atoms with E-state index in [9.17, 15) is 9.59 Å². The maximum atomic E-state index is 12.4. The number of carbonyl (C=O) groups excluding carboxylic acids is 1.